The van der Waals surface area contributed by atoms with E-state index in [4.69, 9.17) is 0 Å². The van der Waals surface area contributed by atoms with Gasteiger partial charge in [0.05, 0.1) is 5.52 Å². The van der Waals surface area contributed by atoms with Crippen LogP contribution in [0.2, 0.25) is 0 Å². The summed E-state index contributed by atoms with van der Waals surface area (Å²) >= 11 is 1.43. The van der Waals surface area contributed by atoms with Crippen molar-refractivity contribution < 1.29 is 5.11 Å². The molecular formula is C24H26N2O2S. The van der Waals surface area contributed by atoms with E-state index in [0.717, 1.165) is 52.5 Å². The molecule has 150 valence electrons. The monoisotopic (exact) mass is 406 g/mol. The van der Waals surface area contributed by atoms with Crippen molar-refractivity contribution in [2.75, 3.05) is 13.1 Å². The number of rotatable bonds is 6. The fourth-order valence-corrected chi connectivity index (χ4v) is 4.76. The summed E-state index contributed by atoms with van der Waals surface area (Å²) in [6, 6.07) is 12.1. The average molecular weight is 407 g/mol. The van der Waals surface area contributed by atoms with Gasteiger partial charge in [0.2, 0.25) is 0 Å². The molecule has 2 heterocycles. The molecule has 0 spiro atoms. The molecule has 0 aliphatic heterocycles. The lowest BCUT2D eigenvalue weighted by Gasteiger charge is -2.16. The van der Waals surface area contributed by atoms with E-state index in [9.17, 15) is 9.90 Å². The molecule has 5 heteroatoms. The van der Waals surface area contributed by atoms with Crippen molar-refractivity contribution in [3.63, 3.8) is 0 Å². The van der Waals surface area contributed by atoms with Crippen LogP contribution in [-0.2, 0) is 0 Å². The van der Waals surface area contributed by atoms with Crippen molar-refractivity contribution in [3.05, 3.63) is 63.3 Å². The SMILES string of the molecule is CCCNC[C@H](C)c1ccc(-c2c(O)cc(C)c3[nH]c(=O)c4sccc4c23)cc1. The van der Waals surface area contributed by atoms with Gasteiger partial charge in [-0.15, -0.1) is 11.3 Å². The lowest BCUT2D eigenvalue weighted by Crippen LogP contribution is -2.20. The van der Waals surface area contributed by atoms with Gasteiger partial charge in [0.25, 0.3) is 5.56 Å². The molecule has 0 aliphatic rings. The molecule has 0 aliphatic carbocycles. The van der Waals surface area contributed by atoms with Gasteiger partial charge in [0, 0.05) is 22.9 Å². The smallest absolute Gasteiger partial charge is 0.266 e. The number of phenolic OH excluding ortho intramolecular Hbond substituents is 1. The number of aromatic hydroxyl groups is 1. The normalized spacial score (nSPS) is 12.7. The van der Waals surface area contributed by atoms with Crippen LogP contribution < -0.4 is 10.9 Å². The number of phenols is 1. The number of hydrogen-bond donors (Lipinski definition) is 3. The molecule has 0 saturated heterocycles. The summed E-state index contributed by atoms with van der Waals surface area (Å²) in [6.45, 7) is 8.27. The van der Waals surface area contributed by atoms with Gasteiger partial charge in [0.1, 0.15) is 10.4 Å². The van der Waals surface area contributed by atoms with Gasteiger partial charge in [-0.2, -0.15) is 0 Å². The zero-order valence-corrected chi connectivity index (χ0v) is 17.8. The number of aromatic amines is 1. The predicted molar refractivity (Wildman–Crippen MR) is 123 cm³/mol. The van der Waals surface area contributed by atoms with Crippen molar-refractivity contribution in [3.8, 4) is 16.9 Å². The number of nitrogens with one attached hydrogen (secondary N) is 2. The van der Waals surface area contributed by atoms with Crippen LogP contribution in [0.3, 0.4) is 0 Å². The molecule has 1 atom stereocenters. The third-order valence-electron chi connectivity index (χ3n) is 5.53. The second-order valence-corrected chi connectivity index (χ2v) is 8.60. The van der Waals surface area contributed by atoms with E-state index in [2.05, 4.69) is 48.4 Å². The first-order valence-electron chi connectivity index (χ1n) is 10.1. The Labute approximate surface area is 174 Å². The third kappa shape index (κ3) is 3.56. The van der Waals surface area contributed by atoms with E-state index in [1.807, 2.05) is 18.4 Å². The highest BCUT2D eigenvalue weighted by molar-refractivity contribution is 7.17. The molecule has 29 heavy (non-hydrogen) atoms. The number of benzene rings is 2. The Morgan fingerprint density at radius 2 is 1.97 bits per heavy atom. The molecule has 0 fully saturated rings. The molecule has 0 unspecified atom stereocenters. The maximum absolute atomic E-state index is 12.5. The molecule has 4 aromatic rings. The summed E-state index contributed by atoms with van der Waals surface area (Å²) in [5.41, 5.74) is 4.56. The fourth-order valence-electron chi connectivity index (χ4n) is 3.97. The van der Waals surface area contributed by atoms with E-state index >= 15 is 0 Å². The summed E-state index contributed by atoms with van der Waals surface area (Å²) < 4.78 is 0.691. The second-order valence-electron chi connectivity index (χ2n) is 7.68. The highest BCUT2D eigenvalue weighted by atomic mass is 32.1. The zero-order valence-electron chi connectivity index (χ0n) is 17.0. The molecular weight excluding hydrogens is 380 g/mol. The van der Waals surface area contributed by atoms with Crippen LogP contribution in [0.4, 0.5) is 0 Å². The topological polar surface area (TPSA) is 65.1 Å². The second kappa shape index (κ2) is 8.01. The quantitative estimate of drug-likeness (QED) is 0.369. The number of H-pyrrole nitrogens is 1. The minimum atomic E-state index is -0.0778. The van der Waals surface area contributed by atoms with Crippen molar-refractivity contribution in [1.82, 2.24) is 10.3 Å². The first kappa shape index (κ1) is 19.7. The molecule has 0 radical (unpaired) electrons. The number of hydrogen-bond acceptors (Lipinski definition) is 4. The van der Waals surface area contributed by atoms with Crippen molar-refractivity contribution >= 4 is 32.3 Å². The molecule has 4 rings (SSSR count). The van der Waals surface area contributed by atoms with E-state index < -0.39 is 0 Å². The van der Waals surface area contributed by atoms with E-state index in [-0.39, 0.29) is 11.3 Å². The van der Waals surface area contributed by atoms with Gasteiger partial charge in [-0.05, 0) is 60.0 Å². The van der Waals surface area contributed by atoms with Crippen LogP contribution in [0.15, 0.2) is 46.6 Å². The van der Waals surface area contributed by atoms with E-state index in [0.29, 0.717) is 10.6 Å². The Hall–Kier alpha value is -2.63. The largest absolute Gasteiger partial charge is 0.507 e. The van der Waals surface area contributed by atoms with Crippen molar-refractivity contribution in [2.45, 2.75) is 33.1 Å². The Morgan fingerprint density at radius 1 is 1.21 bits per heavy atom. The summed E-state index contributed by atoms with van der Waals surface area (Å²) in [6.07, 6.45) is 1.13. The highest BCUT2D eigenvalue weighted by Gasteiger charge is 2.17. The number of aryl methyl sites for hydroxylation is 1. The zero-order chi connectivity index (χ0) is 20.5. The standard InChI is InChI=1S/C24H26N2O2S/c1-4-10-25-13-15(3)16-5-7-17(8-6-16)20-19(27)12-14(2)22-21(20)18-9-11-29-23(18)24(28)26-22/h5-9,11-12,15,25,27H,4,10,13H2,1-3H3,(H,26,28)/t15-/m0/s1. The maximum atomic E-state index is 12.5. The van der Waals surface area contributed by atoms with Crippen LogP contribution in [0.25, 0.3) is 32.1 Å². The first-order chi connectivity index (χ1) is 14.0. The van der Waals surface area contributed by atoms with Crippen molar-refractivity contribution in [1.29, 1.82) is 0 Å². The first-order valence-corrected chi connectivity index (χ1v) is 11.0. The summed E-state index contributed by atoms with van der Waals surface area (Å²) in [5.74, 6) is 0.652. The van der Waals surface area contributed by atoms with Gasteiger partial charge in [0.15, 0.2) is 0 Å². The maximum Gasteiger partial charge on any atom is 0.266 e. The molecule has 2 aromatic heterocycles. The molecule has 2 aromatic carbocycles. The minimum Gasteiger partial charge on any atom is -0.507 e. The molecule has 0 bridgehead atoms. The van der Waals surface area contributed by atoms with Crippen LogP contribution in [0.1, 0.15) is 37.3 Å². The third-order valence-corrected chi connectivity index (χ3v) is 6.44. The summed E-state index contributed by atoms with van der Waals surface area (Å²) in [7, 11) is 0. The van der Waals surface area contributed by atoms with E-state index in [1.165, 1.54) is 16.9 Å². The van der Waals surface area contributed by atoms with Crippen LogP contribution >= 0.6 is 11.3 Å². The van der Waals surface area contributed by atoms with Gasteiger partial charge in [-0.3, -0.25) is 4.79 Å². The van der Waals surface area contributed by atoms with Gasteiger partial charge in [-0.1, -0.05) is 38.1 Å². The van der Waals surface area contributed by atoms with Crippen LogP contribution in [-0.4, -0.2) is 23.2 Å². The Kier molecular flexibility index (Phi) is 5.43. The highest BCUT2D eigenvalue weighted by Crippen LogP contribution is 2.41. The Bertz CT molecular complexity index is 1220. The predicted octanol–water partition coefficient (Wildman–Crippen LogP) is 5.53. The minimum absolute atomic E-state index is 0.0778. The Balaban J connectivity index is 1.84. The molecule has 0 amide bonds. The van der Waals surface area contributed by atoms with E-state index in [1.54, 1.807) is 6.07 Å². The molecule has 3 N–H and O–H groups in total. The van der Waals surface area contributed by atoms with Crippen molar-refractivity contribution in [2.24, 2.45) is 0 Å². The summed E-state index contributed by atoms with van der Waals surface area (Å²) in [4.78, 5) is 15.5. The lowest BCUT2D eigenvalue weighted by molar-refractivity contribution is 0.477. The Morgan fingerprint density at radius 3 is 2.69 bits per heavy atom. The molecule has 4 nitrogen and oxygen atoms in total. The number of aromatic nitrogens is 1. The summed E-state index contributed by atoms with van der Waals surface area (Å²) in [5, 5.41) is 18.0. The number of fused-ring (bicyclic) bond motifs is 3. The van der Waals surface area contributed by atoms with Gasteiger partial charge in [-0.25, -0.2) is 0 Å². The number of pyridine rings is 1. The number of thiophene rings is 1. The fraction of sp³-hybridized carbons (Fsp3) is 0.292. The van der Waals surface area contributed by atoms with Crippen LogP contribution in [0.5, 0.6) is 5.75 Å². The lowest BCUT2D eigenvalue weighted by atomic mass is 9.93. The van der Waals surface area contributed by atoms with Gasteiger partial charge >= 0.3 is 0 Å². The average Bonchev–Trinajstić information content (AvgIpc) is 3.20. The van der Waals surface area contributed by atoms with Crippen LogP contribution in [0, 0.1) is 6.92 Å². The molecule has 0 saturated carbocycles. The van der Waals surface area contributed by atoms with Gasteiger partial charge < -0.3 is 15.4 Å².